The van der Waals surface area contributed by atoms with Gasteiger partial charge in [-0.3, -0.25) is 11.3 Å². The summed E-state index contributed by atoms with van der Waals surface area (Å²) in [6.07, 6.45) is 0.480. The van der Waals surface area contributed by atoms with E-state index in [9.17, 15) is 12.8 Å². The monoisotopic (exact) mass is 288 g/mol. The Balaban J connectivity index is 2.33. The molecule has 2 atom stereocenters. The molecule has 1 aliphatic heterocycles. The first-order valence-electron chi connectivity index (χ1n) is 5.97. The average molecular weight is 288 g/mol. The van der Waals surface area contributed by atoms with Gasteiger partial charge < -0.3 is 4.74 Å². The maximum absolute atomic E-state index is 14.2. The van der Waals surface area contributed by atoms with Gasteiger partial charge in [0.15, 0.2) is 21.4 Å². The maximum Gasteiger partial charge on any atom is 0.169 e. The molecule has 106 valence electrons. The Labute approximate surface area is 111 Å². The molecule has 3 N–H and O–H groups in total. The van der Waals surface area contributed by atoms with Gasteiger partial charge in [-0.05, 0) is 18.4 Å². The Hall–Kier alpha value is -1.18. The van der Waals surface area contributed by atoms with E-state index in [2.05, 4.69) is 5.43 Å². The Morgan fingerprint density at radius 2 is 2.26 bits per heavy atom. The first kappa shape index (κ1) is 14.2. The zero-order chi connectivity index (χ0) is 14.0. The van der Waals surface area contributed by atoms with Crippen LogP contribution in [-0.4, -0.2) is 27.0 Å². The Morgan fingerprint density at radius 3 is 2.79 bits per heavy atom. The Morgan fingerprint density at radius 1 is 1.53 bits per heavy atom. The van der Waals surface area contributed by atoms with Gasteiger partial charge in [0.05, 0.1) is 24.7 Å². The van der Waals surface area contributed by atoms with Crippen LogP contribution in [0.25, 0.3) is 0 Å². The van der Waals surface area contributed by atoms with Gasteiger partial charge in [0, 0.05) is 5.56 Å². The highest BCUT2D eigenvalue weighted by molar-refractivity contribution is 7.91. The average Bonchev–Trinajstić information content (AvgIpc) is 2.73. The molecule has 0 bridgehead atoms. The van der Waals surface area contributed by atoms with Crippen molar-refractivity contribution in [3.8, 4) is 5.75 Å². The summed E-state index contributed by atoms with van der Waals surface area (Å²) in [5.74, 6) is 5.03. The van der Waals surface area contributed by atoms with Crippen molar-refractivity contribution in [2.45, 2.75) is 12.5 Å². The normalized spacial score (nSPS) is 23.2. The van der Waals surface area contributed by atoms with Crippen LogP contribution in [0.4, 0.5) is 4.39 Å². The number of nitrogens with one attached hydrogen (secondary N) is 1. The molecule has 0 aromatic heterocycles. The van der Waals surface area contributed by atoms with Crippen molar-refractivity contribution >= 4 is 9.84 Å². The lowest BCUT2D eigenvalue weighted by molar-refractivity contribution is 0.359. The van der Waals surface area contributed by atoms with Gasteiger partial charge in [0.25, 0.3) is 0 Å². The van der Waals surface area contributed by atoms with E-state index in [1.165, 1.54) is 13.2 Å². The van der Waals surface area contributed by atoms with E-state index in [4.69, 9.17) is 10.6 Å². The van der Waals surface area contributed by atoms with E-state index in [-0.39, 0.29) is 23.2 Å². The standard InChI is InChI=1S/C12H17FN2O3S/c1-18-10-4-2-3-9(11(10)13)12(15-14)8-5-6-19(16,17)7-8/h2-4,8,12,15H,5-7,14H2,1H3. The van der Waals surface area contributed by atoms with E-state index in [1.807, 2.05) is 0 Å². The van der Waals surface area contributed by atoms with Gasteiger partial charge in [0.1, 0.15) is 0 Å². The number of nitrogens with two attached hydrogens (primary N) is 1. The van der Waals surface area contributed by atoms with Crippen LogP contribution in [0.3, 0.4) is 0 Å². The fraction of sp³-hybridized carbons (Fsp3) is 0.500. The third-order valence-corrected chi connectivity index (χ3v) is 5.26. The Kier molecular flexibility index (Phi) is 4.07. The number of methoxy groups -OCH3 is 1. The van der Waals surface area contributed by atoms with Crippen LogP contribution < -0.4 is 16.0 Å². The molecule has 1 fully saturated rings. The van der Waals surface area contributed by atoms with Gasteiger partial charge in [-0.15, -0.1) is 0 Å². The third kappa shape index (κ3) is 2.88. The molecule has 2 rings (SSSR count). The van der Waals surface area contributed by atoms with Crippen molar-refractivity contribution in [2.75, 3.05) is 18.6 Å². The molecule has 1 saturated heterocycles. The molecule has 19 heavy (non-hydrogen) atoms. The highest BCUT2D eigenvalue weighted by Crippen LogP contribution is 2.34. The van der Waals surface area contributed by atoms with Crippen molar-refractivity contribution in [3.63, 3.8) is 0 Å². The van der Waals surface area contributed by atoms with Gasteiger partial charge in [-0.2, -0.15) is 0 Å². The molecule has 5 nitrogen and oxygen atoms in total. The summed E-state index contributed by atoms with van der Waals surface area (Å²) in [5, 5.41) is 0. The number of halogens is 1. The van der Waals surface area contributed by atoms with Gasteiger partial charge in [-0.1, -0.05) is 12.1 Å². The number of hydrogen-bond acceptors (Lipinski definition) is 5. The predicted octanol–water partition coefficient (Wildman–Crippen LogP) is 0.773. The minimum absolute atomic E-state index is 0.0263. The zero-order valence-electron chi connectivity index (χ0n) is 10.6. The minimum Gasteiger partial charge on any atom is -0.494 e. The largest absolute Gasteiger partial charge is 0.494 e. The van der Waals surface area contributed by atoms with Crippen LogP contribution in [0.5, 0.6) is 5.75 Å². The van der Waals surface area contributed by atoms with E-state index in [0.29, 0.717) is 12.0 Å². The summed E-state index contributed by atoms with van der Waals surface area (Å²) >= 11 is 0. The summed E-state index contributed by atoms with van der Waals surface area (Å²) in [6, 6.07) is 4.23. The minimum atomic E-state index is -3.04. The van der Waals surface area contributed by atoms with Crippen molar-refractivity contribution in [2.24, 2.45) is 11.8 Å². The molecule has 1 heterocycles. The highest BCUT2D eigenvalue weighted by atomic mass is 32.2. The van der Waals surface area contributed by atoms with Crippen LogP contribution in [0.2, 0.25) is 0 Å². The van der Waals surface area contributed by atoms with E-state index < -0.39 is 21.7 Å². The molecule has 7 heteroatoms. The summed E-state index contributed by atoms with van der Waals surface area (Å²) in [5.41, 5.74) is 2.87. The van der Waals surface area contributed by atoms with Gasteiger partial charge in [0.2, 0.25) is 0 Å². The van der Waals surface area contributed by atoms with E-state index in [1.54, 1.807) is 12.1 Å². The molecule has 2 unspecified atom stereocenters. The van der Waals surface area contributed by atoms with Crippen LogP contribution in [-0.2, 0) is 9.84 Å². The number of benzene rings is 1. The molecule has 1 aromatic carbocycles. The summed E-state index contributed by atoms with van der Waals surface area (Å²) in [4.78, 5) is 0. The summed E-state index contributed by atoms with van der Waals surface area (Å²) < 4.78 is 42.1. The number of sulfone groups is 1. The molecule has 1 aromatic rings. The van der Waals surface area contributed by atoms with Gasteiger partial charge >= 0.3 is 0 Å². The fourth-order valence-electron chi connectivity index (χ4n) is 2.49. The second-order valence-electron chi connectivity index (χ2n) is 4.67. The lowest BCUT2D eigenvalue weighted by Crippen LogP contribution is -2.34. The second kappa shape index (κ2) is 5.44. The topological polar surface area (TPSA) is 81.4 Å². The van der Waals surface area contributed by atoms with Gasteiger partial charge in [-0.25, -0.2) is 12.8 Å². The molecule has 0 aliphatic carbocycles. The first-order chi connectivity index (χ1) is 8.98. The van der Waals surface area contributed by atoms with Crippen LogP contribution in [0.15, 0.2) is 18.2 Å². The highest BCUT2D eigenvalue weighted by Gasteiger charge is 2.35. The molecular formula is C12H17FN2O3S. The van der Waals surface area contributed by atoms with Crippen molar-refractivity contribution < 1.29 is 17.5 Å². The molecular weight excluding hydrogens is 271 g/mol. The SMILES string of the molecule is COc1cccc(C(NN)C2CCS(=O)(=O)C2)c1F. The zero-order valence-corrected chi connectivity index (χ0v) is 11.4. The molecule has 1 aliphatic rings. The van der Waals surface area contributed by atoms with Crippen molar-refractivity contribution in [3.05, 3.63) is 29.6 Å². The van der Waals surface area contributed by atoms with Crippen molar-refractivity contribution in [1.29, 1.82) is 0 Å². The molecule has 0 radical (unpaired) electrons. The number of rotatable bonds is 4. The fourth-order valence-corrected chi connectivity index (χ4v) is 4.33. The quantitative estimate of drug-likeness (QED) is 0.632. The lowest BCUT2D eigenvalue weighted by atomic mass is 9.92. The maximum atomic E-state index is 14.2. The molecule has 0 spiro atoms. The number of ether oxygens (including phenoxy) is 1. The first-order valence-corrected chi connectivity index (χ1v) is 7.79. The number of hydrazine groups is 1. The van der Waals surface area contributed by atoms with E-state index in [0.717, 1.165) is 0 Å². The second-order valence-corrected chi connectivity index (χ2v) is 6.90. The third-order valence-electron chi connectivity index (χ3n) is 3.47. The molecule has 0 saturated carbocycles. The number of hydrogen-bond donors (Lipinski definition) is 2. The summed E-state index contributed by atoms with van der Waals surface area (Å²) in [6.45, 7) is 0. The smallest absolute Gasteiger partial charge is 0.169 e. The Bertz CT molecular complexity index is 562. The molecule has 0 amide bonds. The summed E-state index contributed by atoms with van der Waals surface area (Å²) in [7, 11) is -1.65. The van der Waals surface area contributed by atoms with Crippen LogP contribution >= 0.6 is 0 Å². The van der Waals surface area contributed by atoms with Crippen molar-refractivity contribution in [1.82, 2.24) is 5.43 Å². The predicted molar refractivity (Wildman–Crippen MR) is 69.8 cm³/mol. The van der Waals surface area contributed by atoms with Crippen LogP contribution in [0, 0.1) is 11.7 Å². The van der Waals surface area contributed by atoms with E-state index >= 15 is 0 Å². The lowest BCUT2D eigenvalue weighted by Gasteiger charge is -2.23. The van der Waals surface area contributed by atoms with Crippen LogP contribution in [0.1, 0.15) is 18.0 Å².